The van der Waals surface area contributed by atoms with Gasteiger partial charge in [-0.15, -0.1) is 11.3 Å². The van der Waals surface area contributed by atoms with Crippen LogP contribution in [0.1, 0.15) is 25.6 Å². The van der Waals surface area contributed by atoms with Gasteiger partial charge >= 0.3 is 5.97 Å². The number of rotatable bonds is 3. The van der Waals surface area contributed by atoms with Gasteiger partial charge in [0.2, 0.25) is 0 Å². The number of fused-ring (bicyclic) bond motifs is 1. The highest BCUT2D eigenvalue weighted by Gasteiger charge is 2.06. The summed E-state index contributed by atoms with van der Waals surface area (Å²) in [7, 11) is 0. The summed E-state index contributed by atoms with van der Waals surface area (Å²) in [5, 5.41) is 1.22. The second-order valence-corrected chi connectivity index (χ2v) is 5.77. The Morgan fingerprint density at radius 3 is 2.76 bits per heavy atom. The maximum Gasteiger partial charge on any atom is 0.308 e. The molecule has 1 aromatic carbocycles. The average molecular weight is 248 g/mol. The van der Waals surface area contributed by atoms with Crippen molar-refractivity contribution in [1.29, 1.82) is 0 Å². The Kier molecular flexibility index (Phi) is 3.48. The van der Waals surface area contributed by atoms with E-state index < -0.39 is 0 Å². The standard InChI is InChI=1S/C14H16O2S/c1-9(2)6-13-7-11-4-5-12(16-10(3)15)8-14(11)17-13/h4-5,7-9H,6H2,1-3H3. The van der Waals surface area contributed by atoms with Crippen molar-refractivity contribution < 1.29 is 9.53 Å². The van der Waals surface area contributed by atoms with E-state index in [4.69, 9.17) is 4.74 Å². The Labute approximate surface area is 105 Å². The van der Waals surface area contributed by atoms with Gasteiger partial charge in [0.05, 0.1) is 0 Å². The van der Waals surface area contributed by atoms with Crippen LogP contribution < -0.4 is 4.74 Å². The van der Waals surface area contributed by atoms with E-state index in [1.165, 1.54) is 21.9 Å². The first kappa shape index (κ1) is 12.1. The molecule has 2 nitrogen and oxygen atoms in total. The van der Waals surface area contributed by atoms with E-state index in [0.717, 1.165) is 6.42 Å². The molecule has 0 saturated heterocycles. The van der Waals surface area contributed by atoms with E-state index in [2.05, 4.69) is 19.9 Å². The zero-order valence-electron chi connectivity index (χ0n) is 10.3. The summed E-state index contributed by atoms with van der Waals surface area (Å²) >= 11 is 1.78. The van der Waals surface area contributed by atoms with Crippen LogP contribution in [0.15, 0.2) is 24.3 Å². The maximum absolute atomic E-state index is 10.9. The second-order valence-electron chi connectivity index (χ2n) is 4.60. The van der Waals surface area contributed by atoms with Crippen LogP contribution in [0.25, 0.3) is 10.1 Å². The van der Waals surface area contributed by atoms with E-state index in [9.17, 15) is 4.79 Å². The minimum atomic E-state index is -0.275. The molecule has 0 spiro atoms. The van der Waals surface area contributed by atoms with Gasteiger partial charge < -0.3 is 4.74 Å². The molecule has 0 fully saturated rings. The lowest BCUT2D eigenvalue weighted by molar-refractivity contribution is -0.131. The van der Waals surface area contributed by atoms with E-state index >= 15 is 0 Å². The van der Waals surface area contributed by atoms with Gasteiger partial charge in [-0.25, -0.2) is 0 Å². The van der Waals surface area contributed by atoms with Crippen molar-refractivity contribution in [3.63, 3.8) is 0 Å². The van der Waals surface area contributed by atoms with Crippen LogP contribution in [-0.4, -0.2) is 5.97 Å². The smallest absolute Gasteiger partial charge is 0.308 e. The molecule has 1 heterocycles. The molecule has 0 bridgehead atoms. The van der Waals surface area contributed by atoms with Crippen molar-refractivity contribution in [2.24, 2.45) is 5.92 Å². The minimum absolute atomic E-state index is 0.275. The molecular formula is C14H16O2S. The number of carbonyl (C=O) groups excluding carboxylic acids is 1. The Hall–Kier alpha value is -1.35. The average Bonchev–Trinajstić information content (AvgIpc) is 2.56. The van der Waals surface area contributed by atoms with Crippen molar-refractivity contribution >= 4 is 27.4 Å². The molecule has 0 atom stereocenters. The maximum atomic E-state index is 10.9. The predicted molar refractivity (Wildman–Crippen MR) is 71.7 cm³/mol. The number of thiophene rings is 1. The highest BCUT2D eigenvalue weighted by molar-refractivity contribution is 7.19. The molecule has 2 rings (SSSR count). The molecule has 0 aliphatic rings. The van der Waals surface area contributed by atoms with Crippen molar-refractivity contribution in [2.45, 2.75) is 27.2 Å². The molecule has 0 aliphatic heterocycles. The second kappa shape index (κ2) is 4.88. The van der Waals surface area contributed by atoms with Crippen molar-refractivity contribution in [2.75, 3.05) is 0 Å². The molecule has 1 aromatic heterocycles. The summed E-state index contributed by atoms with van der Waals surface area (Å²) in [6, 6.07) is 8.01. The Bertz CT molecular complexity index is 540. The Balaban J connectivity index is 2.30. The SMILES string of the molecule is CC(=O)Oc1ccc2cc(CC(C)C)sc2c1. The summed E-state index contributed by atoms with van der Waals surface area (Å²) in [5.74, 6) is 1.02. The van der Waals surface area contributed by atoms with Crippen LogP contribution in [0.5, 0.6) is 5.75 Å². The van der Waals surface area contributed by atoms with Gasteiger partial charge in [0, 0.05) is 16.5 Å². The molecule has 0 radical (unpaired) electrons. The monoisotopic (exact) mass is 248 g/mol. The first-order valence-electron chi connectivity index (χ1n) is 5.75. The van der Waals surface area contributed by atoms with Gasteiger partial charge in [-0.05, 0) is 42.0 Å². The number of ether oxygens (including phenoxy) is 1. The lowest BCUT2D eigenvalue weighted by atomic mass is 10.1. The summed E-state index contributed by atoms with van der Waals surface area (Å²) in [5.41, 5.74) is 0. The molecule has 2 aromatic rings. The Morgan fingerprint density at radius 2 is 2.12 bits per heavy atom. The molecule has 0 unspecified atom stereocenters. The molecule has 0 aliphatic carbocycles. The number of benzene rings is 1. The zero-order chi connectivity index (χ0) is 12.4. The fraction of sp³-hybridized carbons (Fsp3) is 0.357. The summed E-state index contributed by atoms with van der Waals surface area (Å²) in [6.45, 7) is 5.85. The van der Waals surface area contributed by atoms with Crippen LogP contribution in [0, 0.1) is 5.92 Å². The molecule has 90 valence electrons. The topological polar surface area (TPSA) is 26.3 Å². The molecule has 17 heavy (non-hydrogen) atoms. The molecular weight excluding hydrogens is 232 g/mol. The number of hydrogen-bond acceptors (Lipinski definition) is 3. The fourth-order valence-electron chi connectivity index (χ4n) is 1.80. The lowest BCUT2D eigenvalue weighted by Crippen LogP contribution is -2.00. The lowest BCUT2D eigenvalue weighted by Gasteiger charge is -1.99. The first-order valence-corrected chi connectivity index (χ1v) is 6.57. The van der Waals surface area contributed by atoms with Gasteiger partial charge in [0.1, 0.15) is 5.75 Å². The van der Waals surface area contributed by atoms with Crippen molar-refractivity contribution in [3.8, 4) is 5.75 Å². The van der Waals surface area contributed by atoms with Crippen molar-refractivity contribution in [3.05, 3.63) is 29.1 Å². The third-order valence-electron chi connectivity index (χ3n) is 2.41. The van der Waals surface area contributed by atoms with Crippen molar-refractivity contribution in [1.82, 2.24) is 0 Å². The zero-order valence-corrected chi connectivity index (χ0v) is 11.1. The molecule has 0 N–H and O–H groups in total. The van der Waals surface area contributed by atoms with Gasteiger partial charge in [0.15, 0.2) is 0 Å². The predicted octanol–water partition coefficient (Wildman–Crippen LogP) is 4.03. The van der Waals surface area contributed by atoms with Gasteiger partial charge in [0.25, 0.3) is 0 Å². The summed E-state index contributed by atoms with van der Waals surface area (Å²) in [4.78, 5) is 12.3. The van der Waals surface area contributed by atoms with Crippen LogP contribution in [0.3, 0.4) is 0 Å². The normalized spacial score (nSPS) is 11.1. The molecule has 3 heteroatoms. The first-order chi connectivity index (χ1) is 8.04. The largest absolute Gasteiger partial charge is 0.427 e. The summed E-state index contributed by atoms with van der Waals surface area (Å²) in [6.07, 6.45) is 1.10. The number of carbonyl (C=O) groups is 1. The van der Waals surface area contributed by atoms with Crippen LogP contribution in [-0.2, 0) is 11.2 Å². The van der Waals surface area contributed by atoms with Gasteiger partial charge in [-0.2, -0.15) is 0 Å². The van der Waals surface area contributed by atoms with Gasteiger partial charge in [-0.3, -0.25) is 4.79 Å². The third-order valence-corrected chi connectivity index (χ3v) is 3.53. The number of hydrogen-bond donors (Lipinski definition) is 0. The van der Waals surface area contributed by atoms with Gasteiger partial charge in [-0.1, -0.05) is 13.8 Å². The quantitative estimate of drug-likeness (QED) is 0.605. The number of esters is 1. The van der Waals surface area contributed by atoms with E-state index in [1.54, 1.807) is 11.3 Å². The summed E-state index contributed by atoms with van der Waals surface area (Å²) < 4.78 is 6.26. The highest BCUT2D eigenvalue weighted by atomic mass is 32.1. The van der Waals surface area contributed by atoms with Crippen LogP contribution in [0.4, 0.5) is 0 Å². The third kappa shape index (κ3) is 3.07. The fourth-order valence-corrected chi connectivity index (χ4v) is 3.10. The van der Waals surface area contributed by atoms with Crippen LogP contribution in [0.2, 0.25) is 0 Å². The highest BCUT2D eigenvalue weighted by Crippen LogP contribution is 2.30. The Morgan fingerprint density at radius 1 is 1.35 bits per heavy atom. The minimum Gasteiger partial charge on any atom is -0.427 e. The molecule has 0 saturated carbocycles. The van der Waals surface area contributed by atoms with E-state index in [1.807, 2.05) is 18.2 Å². The van der Waals surface area contributed by atoms with E-state index in [0.29, 0.717) is 11.7 Å². The molecule has 0 amide bonds. The van der Waals surface area contributed by atoms with E-state index in [-0.39, 0.29) is 5.97 Å². The van der Waals surface area contributed by atoms with Crippen LogP contribution >= 0.6 is 11.3 Å².